The summed E-state index contributed by atoms with van der Waals surface area (Å²) < 4.78 is 4.93. The minimum absolute atomic E-state index is 0.161. The van der Waals surface area contributed by atoms with Gasteiger partial charge in [-0.2, -0.15) is 11.3 Å². The first-order valence-electron chi connectivity index (χ1n) is 3.29. The number of rotatable bonds is 1. The molecular formula is C8H6O2S. The topological polar surface area (TPSA) is 26.3 Å². The van der Waals surface area contributed by atoms with E-state index in [0.29, 0.717) is 12.2 Å². The van der Waals surface area contributed by atoms with Gasteiger partial charge in [-0.25, -0.2) is 0 Å². The molecule has 1 aromatic heterocycles. The smallest absolute Gasteiger partial charge is 0.315 e. The molecule has 3 heteroatoms. The average Bonchev–Trinajstić information content (AvgIpc) is 2.55. The average molecular weight is 166 g/mol. The standard InChI is InChI=1S/C8H6O2S/c9-8-2-1-7(10-8)6-3-4-11-5-6/h1,3-5H,2H2. The molecule has 0 radical (unpaired) electrons. The Kier molecular flexibility index (Phi) is 1.51. The highest BCUT2D eigenvalue weighted by Gasteiger charge is 2.15. The van der Waals surface area contributed by atoms with E-state index in [2.05, 4.69) is 0 Å². The van der Waals surface area contributed by atoms with E-state index in [0.717, 1.165) is 5.56 Å². The molecule has 0 saturated carbocycles. The third-order valence-electron chi connectivity index (χ3n) is 1.48. The summed E-state index contributed by atoms with van der Waals surface area (Å²) in [6.07, 6.45) is 2.22. The maximum Gasteiger partial charge on any atom is 0.315 e. The summed E-state index contributed by atoms with van der Waals surface area (Å²) in [6, 6.07) is 1.94. The van der Waals surface area contributed by atoms with Crippen LogP contribution in [0.3, 0.4) is 0 Å². The van der Waals surface area contributed by atoms with E-state index < -0.39 is 0 Å². The van der Waals surface area contributed by atoms with Crippen LogP contribution < -0.4 is 0 Å². The van der Waals surface area contributed by atoms with Gasteiger partial charge in [0.1, 0.15) is 5.76 Å². The second-order valence-corrected chi connectivity index (χ2v) is 3.04. The Balaban J connectivity index is 2.26. The van der Waals surface area contributed by atoms with Crippen molar-refractivity contribution in [3.8, 4) is 0 Å². The minimum atomic E-state index is -0.161. The lowest BCUT2D eigenvalue weighted by Gasteiger charge is -1.96. The SMILES string of the molecule is O=C1CC=C(c2ccsc2)O1. The number of esters is 1. The van der Waals surface area contributed by atoms with Crippen molar-refractivity contribution >= 4 is 23.1 Å². The molecule has 0 bridgehead atoms. The Hall–Kier alpha value is -1.09. The van der Waals surface area contributed by atoms with Crippen molar-refractivity contribution in [2.75, 3.05) is 0 Å². The molecule has 0 fully saturated rings. The largest absolute Gasteiger partial charge is 0.426 e. The van der Waals surface area contributed by atoms with Gasteiger partial charge >= 0.3 is 5.97 Å². The van der Waals surface area contributed by atoms with Crippen LogP contribution in [0.4, 0.5) is 0 Å². The van der Waals surface area contributed by atoms with Gasteiger partial charge in [-0.15, -0.1) is 0 Å². The first-order valence-corrected chi connectivity index (χ1v) is 4.24. The highest BCUT2D eigenvalue weighted by atomic mass is 32.1. The van der Waals surface area contributed by atoms with Gasteiger partial charge in [-0.3, -0.25) is 4.79 Å². The molecule has 0 unspecified atom stereocenters. The molecule has 56 valence electrons. The Labute approximate surface area is 68.1 Å². The van der Waals surface area contributed by atoms with Crippen LogP contribution in [0.2, 0.25) is 0 Å². The fourth-order valence-electron chi connectivity index (χ4n) is 0.963. The van der Waals surface area contributed by atoms with Gasteiger partial charge in [-0.05, 0) is 17.5 Å². The van der Waals surface area contributed by atoms with Crippen molar-refractivity contribution in [1.29, 1.82) is 0 Å². The molecule has 0 amide bonds. The summed E-state index contributed by atoms with van der Waals surface area (Å²) in [5.74, 6) is 0.544. The molecule has 0 aromatic carbocycles. The summed E-state index contributed by atoms with van der Waals surface area (Å²) >= 11 is 1.60. The molecular weight excluding hydrogens is 160 g/mol. The van der Waals surface area contributed by atoms with Crippen molar-refractivity contribution in [2.24, 2.45) is 0 Å². The molecule has 2 nitrogen and oxygen atoms in total. The molecule has 0 N–H and O–H groups in total. The second kappa shape index (κ2) is 2.51. The van der Waals surface area contributed by atoms with E-state index in [1.54, 1.807) is 11.3 Å². The third-order valence-corrected chi connectivity index (χ3v) is 2.17. The van der Waals surface area contributed by atoms with Crippen LogP contribution >= 0.6 is 11.3 Å². The van der Waals surface area contributed by atoms with E-state index >= 15 is 0 Å². The number of hydrogen-bond acceptors (Lipinski definition) is 3. The predicted molar refractivity (Wildman–Crippen MR) is 43.0 cm³/mol. The van der Waals surface area contributed by atoms with Gasteiger partial charge in [0.15, 0.2) is 0 Å². The van der Waals surface area contributed by atoms with Crippen LogP contribution in [0, 0.1) is 0 Å². The summed E-state index contributed by atoms with van der Waals surface area (Å²) in [6.45, 7) is 0. The molecule has 1 aliphatic heterocycles. The zero-order chi connectivity index (χ0) is 7.68. The lowest BCUT2D eigenvalue weighted by atomic mass is 10.3. The maximum absolute atomic E-state index is 10.7. The molecule has 0 atom stereocenters. The van der Waals surface area contributed by atoms with Crippen molar-refractivity contribution in [2.45, 2.75) is 6.42 Å². The first-order chi connectivity index (χ1) is 5.36. The van der Waals surface area contributed by atoms with Gasteiger partial charge in [0, 0.05) is 10.9 Å². The molecule has 0 saturated heterocycles. The number of ether oxygens (including phenoxy) is 1. The first kappa shape index (κ1) is 6.61. The highest BCUT2D eigenvalue weighted by molar-refractivity contribution is 7.08. The Bertz CT molecular complexity index is 298. The molecule has 0 aliphatic carbocycles. The summed E-state index contributed by atoms with van der Waals surface area (Å²) in [5, 5.41) is 3.92. The maximum atomic E-state index is 10.7. The zero-order valence-corrected chi connectivity index (χ0v) is 6.56. The molecule has 11 heavy (non-hydrogen) atoms. The van der Waals surface area contributed by atoms with E-state index in [4.69, 9.17) is 4.74 Å². The number of thiophene rings is 1. The Morgan fingerprint density at radius 3 is 3.00 bits per heavy atom. The fourth-order valence-corrected chi connectivity index (χ4v) is 1.61. The van der Waals surface area contributed by atoms with Crippen LogP contribution in [0.25, 0.3) is 5.76 Å². The predicted octanol–water partition coefficient (Wildman–Crippen LogP) is 2.04. The van der Waals surface area contributed by atoms with Crippen LogP contribution in [-0.4, -0.2) is 5.97 Å². The van der Waals surface area contributed by atoms with E-state index in [1.165, 1.54) is 0 Å². The van der Waals surface area contributed by atoms with Crippen molar-refractivity contribution < 1.29 is 9.53 Å². The van der Waals surface area contributed by atoms with E-state index in [1.807, 2.05) is 22.9 Å². The molecule has 1 aliphatic rings. The monoisotopic (exact) mass is 166 g/mol. The van der Waals surface area contributed by atoms with Crippen molar-refractivity contribution in [1.82, 2.24) is 0 Å². The van der Waals surface area contributed by atoms with Gasteiger partial charge in [-0.1, -0.05) is 0 Å². The van der Waals surface area contributed by atoms with Crippen LogP contribution in [0.1, 0.15) is 12.0 Å². The van der Waals surface area contributed by atoms with Gasteiger partial charge in [0.05, 0.1) is 6.42 Å². The lowest BCUT2D eigenvalue weighted by Crippen LogP contribution is -1.92. The third kappa shape index (κ3) is 1.19. The normalized spacial score (nSPS) is 16.4. The molecule has 0 spiro atoms. The van der Waals surface area contributed by atoms with Crippen LogP contribution in [0.5, 0.6) is 0 Å². The Morgan fingerprint density at radius 1 is 1.55 bits per heavy atom. The quantitative estimate of drug-likeness (QED) is 0.597. The summed E-state index contributed by atoms with van der Waals surface area (Å²) in [7, 11) is 0. The number of cyclic esters (lactones) is 1. The highest BCUT2D eigenvalue weighted by Crippen LogP contribution is 2.23. The summed E-state index contributed by atoms with van der Waals surface area (Å²) in [4.78, 5) is 10.7. The minimum Gasteiger partial charge on any atom is -0.426 e. The van der Waals surface area contributed by atoms with Gasteiger partial charge in [0.2, 0.25) is 0 Å². The zero-order valence-electron chi connectivity index (χ0n) is 5.74. The second-order valence-electron chi connectivity index (χ2n) is 2.26. The summed E-state index contributed by atoms with van der Waals surface area (Å²) in [5.41, 5.74) is 1.00. The van der Waals surface area contributed by atoms with Crippen LogP contribution in [-0.2, 0) is 9.53 Å². The lowest BCUT2D eigenvalue weighted by molar-refractivity contribution is -0.134. The van der Waals surface area contributed by atoms with E-state index in [-0.39, 0.29) is 5.97 Å². The van der Waals surface area contributed by atoms with Crippen molar-refractivity contribution in [3.05, 3.63) is 28.5 Å². The number of hydrogen-bond donors (Lipinski definition) is 0. The van der Waals surface area contributed by atoms with Gasteiger partial charge < -0.3 is 4.74 Å². The van der Waals surface area contributed by atoms with Crippen LogP contribution in [0.15, 0.2) is 22.9 Å². The molecule has 2 heterocycles. The Morgan fingerprint density at radius 2 is 2.45 bits per heavy atom. The fraction of sp³-hybridized carbons (Fsp3) is 0.125. The molecule has 1 aromatic rings. The van der Waals surface area contributed by atoms with E-state index in [9.17, 15) is 4.79 Å². The number of carbonyl (C=O) groups excluding carboxylic acids is 1. The van der Waals surface area contributed by atoms with Gasteiger partial charge in [0.25, 0.3) is 0 Å². The molecule has 2 rings (SSSR count). The van der Waals surface area contributed by atoms with Crippen molar-refractivity contribution in [3.63, 3.8) is 0 Å². The number of carbonyl (C=O) groups is 1.